The van der Waals surface area contributed by atoms with Gasteiger partial charge in [-0.15, -0.1) is 11.6 Å². The summed E-state index contributed by atoms with van der Waals surface area (Å²) >= 11 is 5.49. The Hall–Kier alpha value is -1.62. The maximum atomic E-state index is 11.5. The number of nitro benzene ring substituents is 1. The molecule has 1 amide bonds. The van der Waals surface area contributed by atoms with Gasteiger partial charge >= 0.3 is 0 Å². The smallest absolute Gasteiger partial charge is 0.292 e. The molecule has 0 radical (unpaired) electrons. The van der Waals surface area contributed by atoms with Crippen molar-refractivity contribution in [3.8, 4) is 0 Å². The van der Waals surface area contributed by atoms with Crippen LogP contribution in [0.3, 0.4) is 0 Å². The van der Waals surface area contributed by atoms with Crippen molar-refractivity contribution < 1.29 is 9.72 Å². The number of anilines is 1. The van der Waals surface area contributed by atoms with Gasteiger partial charge in [-0.3, -0.25) is 14.9 Å². The molecule has 1 aromatic carbocycles. The van der Waals surface area contributed by atoms with Crippen LogP contribution in [0.2, 0.25) is 0 Å². The van der Waals surface area contributed by atoms with Crippen LogP contribution in [0.1, 0.15) is 19.3 Å². The molecule has 17 heavy (non-hydrogen) atoms. The van der Waals surface area contributed by atoms with Gasteiger partial charge < -0.3 is 5.32 Å². The van der Waals surface area contributed by atoms with Crippen molar-refractivity contribution in [3.63, 3.8) is 0 Å². The van der Waals surface area contributed by atoms with Gasteiger partial charge in [-0.25, -0.2) is 0 Å². The number of nitrogens with one attached hydrogen (secondary N) is 1. The second kappa shape index (κ2) is 6.85. The van der Waals surface area contributed by atoms with Gasteiger partial charge in [0.2, 0.25) is 5.91 Å². The fourth-order valence-corrected chi connectivity index (χ4v) is 1.52. The van der Waals surface area contributed by atoms with Crippen LogP contribution >= 0.6 is 11.6 Å². The van der Waals surface area contributed by atoms with Gasteiger partial charge in [0, 0.05) is 18.4 Å². The Morgan fingerprint density at radius 2 is 2.06 bits per heavy atom. The molecule has 1 N–H and O–H groups in total. The summed E-state index contributed by atoms with van der Waals surface area (Å²) in [7, 11) is 0. The molecule has 0 saturated heterocycles. The molecule has 0 aromatic heterocycles. The third kappa shape index (κ3) is 4.40. The quantitative estimate of drug-likeness (QED) is 0.368. The summed E-state index contributed by atoms with van der Waals surface area (Å²) in [4.78, 5) is 21.7. The van der Waals surface area contributed by atoms with E-state index in [0.29, 0.717) is 18.7 Å². The molecule has 6 heteroatoms. The van der Waals surface area contributed by atoms with E-state index in [0.717, 1.165) is 6.42 Å². The predicted molar refractivity (Wildman–Crippen MR) is 66.3 cm³/mol. The molecule has 5 nitrogen and oxygen atoms in total. The molecule has 0 aliphatic carbocycles. The summed E-state index contributed by atoms with van der Waals surface area (Å²) in [6, 6.07) is 6.06. The molecule has 0 aliphatic rings. The topological polar surface area (TPSA) is 72.2 Å². The minimum absolute atomic E-state index is 0.0989. The van der Waals surface area contributed by atoms with E-state index in [1.165, 1.54) is 12.1 Å². The largest absolute Gasteiger partial charge is 0.320 e. The van der Waals surface area contributed by atoms with E-state index in [4.69, 9.17) is 11.6 Å². The molecule has 0 unspecified atom stereocenters. The van der Waals surface area contributed by atoms with Gasteiger partial charge in [0.25, 0.3) is 5.69 Å². The average molecular weight is 257 g/mol. The van der Waals surface area contributed by atoms with Crippen molar-refractivity contribution in [3.05, 3.63) is 34.4 Å². The highest BCUT2D eigenvalue weighted by Crippen LogP contribution is 2.23. The Labute approximate surface area is 104 Å². The molecule has 0 heterocycles. The number of para-hydroxylation sites is 2. The van der Waals surface area contributed by atoms with Gasteiger partial charge in [-0.1, -0.05) is 12.1 Å². The summed E-state index contributed by atoms with van der Waals surface area (Å²) < 4.78 is 0. The predicted octanol–water partition coefficient (Wildman–Crippen LogP) is 2.94. The molecule has 1 aromatic rings. The Morgan fingerprint density at radius 3 is 2.71 bits per heavy atom. The minimum Gasteiger partial charge on any atom is -0.320 e. The highest BCUT2D eigenvalue weighted by Gasteiger charge is 2.14. The van der Waals surface area contributed by atoms with Crippen molar-refractivity contribution in [1.29, 1.82) is 0 Å². The first-order valence-corrected chi connectivity index (χ1v) is 5.78. The molecule has 0 fully saturated rings. The first-order valence-electron chi connectivity index (χ1n) is 5.24. The Balaban J connectivity index is 2.61. The first-order chi connectivity index (χ1) is 8.15. The molecule has 92 valence electrons. The molecule has 0 spiro atoms. The van der Waals surface area contributed by atoms with Gasteiger partial charge in [-0.2, -0.15) is 0 Å². The van der Waals surface area contributed by atoms with Crippen LogP contribution in [0.4, 0.5) is 11.4 Å². The number of amides is 1. The van der Waals surface area contributed by atoms with Crippen LogP contribution in [0.25, 0.3) is 0 Å². The van der Waals surface area contributed by atoms with Gasteiger partial charge in [-0.05, 0) is 18.9 Å². The summed E-state index contributed by atoms with van der Waals surface area (Å²) in [5.74, 6) is 0.281. The van der Waals surface area contributed by atoms with Crippen molar-refractivity contribution in [2.24, 2.45) is 0 Å². The van der Waals surface area contributed by atoms with Crippen LogP contribution in [-0.4, -0.2) is 16.7 Å². The number of nitro groups is 1. The van der Waals surface area contributed by atoms with Crippen molar-refractivity contribution in [1.82, 2.24) is 0 Å². The Bertz CT molecular complexity index is 409. The van der Waals surface area contributed by atoms with E-state index >= 15 is 0 Å². The third-order valence-corrected chi connectivity index (χ3v) is 2.43. The van der Waals surface area contributed by atoms with Crippen LogP contribution in [0.5, 0.6) is 0 Å². The molecule has 0 bridgehead atoms. The number of rotatable bonds is 6. The van der Waals surface area contributed by atoms with Gasteiger partial charge in [0.15, 0.2) is 0 Å². The lowest BCUT2D eigenvalue weighted by Gasteiger charge is -2.05. The lowest BCUT2D eigenvalue weighted by Crippen LogP contribution is -2.12. The van der Waals surface area contributed by atoms with Gasteiger partial charge in [0.05, 0.1) is 4.92 Å². The van der Waals surface area contributed by atoms with E-state index < -0.39 is 4.92 Å². The second-order valence-electron chi connectivity index (χ2n) is 3.47. The number of halogens is 1. The maximum Gasteiger partial charge on any atom is 0.292 e. The van der Waals surface area contributed by atoms with Crippen molar-refractivity contribution in [2.75, 3.05) is 11.2 Å². The fourth-order valence-electron chi connectivity index (χ4n) is 1.33. The normalized spacial score (nSPS) is 9.94. The standard InChI is InChI=1S/C11H13ClN2O3/c12-8-4-3-7-11(15)13-9-5-1-2-6-10(9)14(16)17/h1-2,5-6H,3-4,7-8H2,(H,13,15). The zero-order valence-electron chi connectivity index (χ0n) is 9.19. The second-order valence-corrected chi connectivity index (χ2v) is 3.85. The number of hydrogen-bond donors (Lipinski definition) is 1. The highest BCUT2D eigenvalue weighted by molar-refractivity contribution is 6.17. The maximum absolute atomic E-state index is 11.5. The molecular weight excluding hydrogens is 244 g/mol. The van der Waals surface area contributed by atoms with Crippen LogP contribution in [-0.2, 0) is 4.79 Å². The summed E-state index contributed by atoms with van der Waals surface area (Å²) in [5, 5.41) is 13.2. The minimum atomic E-state index is -0.519. The van der Waals surface area contributed by atoms with E-state index in [1.807, 2.05) is 0 Å². The summed E-state index contributed by atoms with van der Waals surface area (Å²) in [5.41, 5.74) is 0.131. The van der Waals surface area contributed by atoms with Crippen LogP contribution < -0.4 is 5.32 Å². The van der Waals surface area contributed by atoms with Gasteiger partial charge in [0.1, 0.15) is 5.69 Å². The highest BCUT2D eigenvalue weighted by atomic mass is 35.5. The molecule has 1 rings (SSSR count). The monoisotopic (exact) mass is 256 g/mol. The molecule has 0 aliphatic heterocycles. The number of carbonyl (C=O) groups is 1. The molecular formula is C11H13ClN2O3. The van der Waals surface area contributed by atoms with Crippen molar-refractivity contribution in [2.45, 2.75) is 19.3 Å². The SMILES string of the molecule is O=C(CCCCCl)Nc1ccccc1[N+](=O)[O-]. The molecule has 0 saturated carbocycles. The lowest BCUT2D eigenvalue weighted by molar-refractivity contribution is -0.383. The first kappa shape index (κ1) is 13.4. The zero-order chi connectivity index (χ0) is 12.7. The van der Waals surface area contributed by atoms with Crippen molar-refractivity contribution >= 4 is 28.9 Å². The number of alkyl halides is 1. The Kier molecular flexibility index (Phi) is 5.42. The van der Waals surface area contributed by atoms with E-state index in [-0.39, 0.29) is 17.3 Å². The van der Waals surface area contributed by atoms with E-state index in [9.17, 15) is 14.9 Å². The average Bonchev–Trinajstić information content (AvgIpc) is 2.29. The van der Waals surface area contributed by atoms with Crippen LogP contribution in [0.15, 0.2) is 24.3 Å². The number of carbonyl (C=O) groups excluding carboxylic acids is 1. The summed E-state index contributed by atoms with van der Waals surface area (Å²) in [6.45, 7) is 0. The van der Waals surface area contributed by atoms with E-state index in [2.05, 4.69) is 5.32 Å². The van der Waals surface area contributed by atoms with Crippen LogP contribution in [0, 0.1) is 10.1 Å². The third-order valence-electron chi connectivity index (χ3n) is 2.16. The number of benzene rings is 1. The van der Waals surface area contributed by atoms with E-state index in [1.54, 1.807) is 12.1 Å². The zero-order valence-corrected chi connectivity index (χ0v) is 9.94. The number of nitrogens with zero attached hydrogens (tertiary/aromatic N) is 1. The number of hydrogen-bond acceptors (Lipinski definition) is 3. The number of unbranched alkanes of at least 4 members (excludes halogenated alkanes) is 1. The summed E-state index contributed by atoms with van der Waals surface area (Å²) in [6.07, 6.45) is 1.75. The Morgan fingerprint density at radius 1 is 1.35 bits per heavy atom. The molecule has 0 atom stereocenters. The fraction of sp³-hybridized carbons (Fsp3) is 0.364. The lowest BCUT2D eigenvalue weighted by atomic mass is 10.2.